The van der Waals surface area contributed by atoms with Crippen LogP contribution in [0, 0.1) is 0 Å². The van der Waals surface area contributed by atoms with Crippen molar-refractivity contribution >= 4 is 0 Å². The topological polar surface area (TPSA) is 30.5 Å². The highest BCUT2D eigenvalue weighted by atomic mass is 16.5. The van der Waals surface area contributed by atoms with E-state index >= 15 is 0 Å². The van der Waals surface area contributed by atoms with Gasteiger partial charge in [-0.2, -0.15) is 0 Å². The summed E-state index contributed by atoms with van der Waals surface area (Å²) in [5, 5.41) is 3.44. The van der Waals surface area contributed by atoms with E-state index in [0.29, 0.717) is 12.0 Å². The molecule has 0 aromatic heterocycles. The van der Waals surface area contributed by atoms with Gasteiger partial charge in [0.2, 0.25) is 0 Å². The summed E-state index contributed by atoms with van der Waals surface area (Å²) in [7, 11) is 2.05. The van der Waals surface area contributed by atoms with Crippen LogP contribution in [0.2, 0.25) is 0 Å². The van der Waals surface area contributed by atoms with Gasteiger partial charge in [-0.15, -0.1) is 0 Å². The molecule has 1 N–H and O–H groups in total. The zero-order chi connectivity index (χ0) is 14.2. The van der Waals surface area contributed by atoms with Crippen LogP contribution in [0.1, 0.15) is 44.1 Å². The van der Waals surface area contributed by atoms with Crippen LogP contribution in [-0.4, -0.2) is 32.9 Å². The van der Waals surface area contributed by atoms with E-state index in [0.717, 1.165) is 51.3 Å². The first-order valence-electron chi connectivity index (χ1n) is 7.81. The van der Waals surface area contributed by atoms with Crippen molar-refractivity contribution in [2.24, 2.45) is 0 Å². The Kier molecular flexibility index (Phi) is 6.34. The summed E-state index contributed by atoms with van der Waals surface area (Å²) in [6.07, 6.45) is 4.45. The molecular formula is C17H27NO2. The number of hydrogen-bond donors (Lipinski definition) is 1. The molecule has 2 atom stereocenters. The molecule has 2 rings (SSSR count). The Morgan fingerprint density at radius 2 is 2.20 bits per heavy atom. The highest BCUT2D eigenvalue weighted by Crippen LogP contribution is 2.36. The maximum absolute atomic E-state index is 5.74. The van der Waals surface area contributed by atoms with Crippen LogP contribution in [-0.2, 0) is 4.74 Å². The number of hydrogen-bond acceptors (Lipinski definition) is 3. The Labute approximate surface area is 122 Å². The molecule has 0 saturated carbocycles. The number of fused-ring (bicyclic) bond motifs is 1. The Morgan fingerprint density at radius 3 is 3.00 bits per heavy atom. The summed E-state index contributed by atoms with van der Waals surface area (Å²) < 4.78 is 11.3. The average Bonchev–Trinajstić information content (AvgIpc) is 2.50. The summed E-state index contributed by atoms with van der Waals surface area (Å²) in [5.74, 6) is 1.67. The minimum atomic E-state index is 0.517. The van der Waals surface area contributed by atoms with Crippen LogP contribution in [0.5, 0.6) is 5.75 Å². The lowest BCUT2D eigenvalue weighted by atomic mass is 9.87. The lowest BCUT2D eigenvalue weighted by Crippen LogP contribution is -2.30. The predicted molar refractivity (Wildman–Crippen MR) is 82.5 cm³/mol. The maximum Gasteiger partial charge on any atom is 0.122 e. The molecule has 20 heavy (non-hydrogen) atoms. The Balaban J connectivity index is 1.88. The fraction of sp³-hybridized carbons (Fsp3) is 0.647. The molecule has 1 aliphatic heterocycles. The number of para-hydroxylation sites is 1. The first kappa shape index (κ1) is 15.3. The van der Waals surface area contributed by atoms with Gasteiger partial charge in [0.05, 0.1) is 6.61 Å². The van der Waals surface area contributed by atoms with Gasteiger partial charge in [0.1, 0.15) is 5.75 Å². The molecule has 1 aromatic carbocycles. The Bertz CT molecular complexity index is 394. The van der Waals surface area contributed by atoms with E-state index in [-0.39, 0.29) is 0 Å². The Hall–Kier alpha value is -1.06. The highest BCUT2D eigenvalue weighted by molar-refractivity contribution is 5.37. The largest absolute Gasteiger partial charge is 0.493 e. The SMILES string of the molecule is CCCOCCC(CC1CCOc2ccccc21)NC. The van der Waals surface area contributed by atoms with Gasteiger partial charge >= 0.3 is 0 Å². The van der Waals surface area contributed by atoms with Crippen molar-refractivity contribution in [3.05, 3.63) is 29.8 Å². The van der Waals surface area contributed by atoms with Crippen LogP contribution < -0.4 is 10.1 Å². The number of benzene rings is 1. The van der Waals surface area contributed by atoms with Crippen molar-refractivity contribution in [2.45, 2.75) is 44.6 Å². The lowest BCUT2D eigenvalue weighted by Gasteiger charge is -2.29. The van der Waals surface area contributed by atoms with Gasteiger partial charge in [0.25, 0.3) is 0 Å². The Morgan fingerprint density at radius 1 is 1.35 bits per heavy atom. The standard InChI is InChI=1S/C17H27NO2/c1-3-10-19-11-9-15(18-2)13-14-8-12-20-17-7-5-4-6-16(14)17/h4-7,14-15,18H,3,8-13H2,1-2H3. The van der Waals surface area contributed by atoms with Gasteiger partial charge in [-0.25, -0.2) is 0 Å². The van der Waals surface area contributed by atoms with Crippen molar-refractivity contribution in [1.29, 1.82) is 0 Å². The van der Waals surface area contributed by atoms with E-state index in [1.807, 2.05) is 0 Å². The molecule has 0 fully saturated rings. The van der Waals surface area contributed by atoms with Gasteiger partial charge in [-0.3, -0.25) is 0 Å². The molecule has 1 heterocycles. The highest BCUT2D eigenvalue weighted by Gasteiger charge is 2.23. The van der Waals surface area contributed by atoms with Gasteiger partial charge < -0.3 is 14.8 Å². The minimum Gasteiger partial charge on any atom is -0.493 e. The fourth-order valence-electron chi connectivity index (χ4n) is 2.86. The van der Waals surface area contributed by atoms with Gasteiger partial charge in [-0.05, 0) is 50.3 Å². The average molecular weight is 277 g/mol. The maximum atomic E-state index is 5.74. The molecule has 1 aromatic rings. The zero-order valence-corrected chi connectivity index (χ0v) is 12.7. The predicted octanol–water partition coefficient (Wildman–Crippen LogP) is 3.35. The third-order valence-electron chi connectivity index (χ3n) is 4.02. The van der Waals surface area contributed by atoms with E-state index < -0.39 is 0 Å². The first-order chi connectivity index (χ1) is 9.85. The number of ether oxygens (including phenoxy) is 2. The van der Waals surface area contributed by atoms with Crippen LogP contribution in [0.15, 0.2) is 24.3 Å². The van der Waals surface area contributed by atoms with Gasteiger partial charge in [-0.1, -0.05) is 25.1 Å². The van der Waals surface area contributed by atoms with Crippen LogP contribution in [0.3, 0.4) is 0 Å². The van der Waals surface area contributed by atoms with E-state index in [9.17, 15) is 0 Å². The van der Waals surface area contributed by atoms with E-state index in [2.05, 4.69) is 43.6 Å². The summed E-state index contributed by atoms with van der Waals surface area (Å²) in [4.78, 5) is 0. The summed E-state index contributed by atoms with van der Waals surface area (Å²) in [6.45, 7) is 4.71. The molecule has 0 bridgehead atoms. The summed E-state index contributed by atoms with van der Waals surface area (Å²) in [6, 6.07) is 8.97. The molecule has 0 amide bonds. The van der Waals surface area contributed by atoms with Gasteiger partial charge in [0.15, 0.2) is 0 Å². The number of rotatable bonds is 8. The quantitative estimate of drug-likeness (QED) is 0.739. The third-order valence-corrected chi connectivity index (χ3v) is 4.02. The van der Waals surface area contributed by atoms with E-state index in [1.165, 1.54) is 5.56 Å². The molecule has 0 radical (unpaired) electrons. The molecule has 3 heteroatoms. The molecule has 112 valence electrons. The molecule has 2 unspecified atom stereocenters. The van der Waals surface area contributed by atoms with Crippen molar-refractivity contribution in [3.63, 3.8) is 0 Å². The molecule has 3 nitrogen and oxygen atoms in total. The summed E-state index contributed by atoms with van der Waals surface area (Å²) >= 11 is 0. The second-order valence-corrected chi connectivity index (χ2v) is 5.49. The fourth-order valence-corrected chi connectivity index (χ4v) is 2.86. The second kappa shape index (κ2) is 8.28. The smallest absolute Gasteiger partial charge is 0.122 e. The van der Waals surface area contributed by atoms with E-state index in [4.69, 9.17) is 9.47 Å². The molecule has 0 saturated heterocycles. The zero-order valence-electron chi connectivity index (χ0n) is 12.7. The lowest BCUT2D eigenvalue weighted by molar-refractivity contribution is 0.122. The first-order valence-corrected chi connectivity index (χ1v) is 7.81. The van der Waals surface area contributed by atoms with Crippen molar-refractivity contribution in [3.8, 4) is 5.75 Å². The molecular weight excluding hydrogens is 250 g/mol. The molecule has 1 aliphatic rings. The van der Waals surface area contributed by atoms with Crippen LogP contribution in [0.25, 0.3) is 0 Å². The summed E-state index contributed by atoms with van der Waals surface area (Å²) in [5.41, 5.74) is 1.37. The normalized spacial score (nSPS) is 19.2. The van der Waals surface area contributed by atoms with Crippen molar-refractivity contribution < 1.29 is 9.47 Å². The molecule has 0 spiro atoms. The van der Waals surface area contributed by atoms with E-state index in [1.54, 1.807) is 0 Å². The molecule has 0 aliphatic carbocycles. The van der Waals surface area contributed by atoms with Crippen LogP contribution >= 0.6 is 0 Å². The van der Waals surface area contributed by atoms with Crippen LogP contribution in [0.4, 0.5) is 0 Å². The minimum absolute atomic E-state index is 0.517. The number of nitrogens with one attached hydrogen (secondary N) is 1. The van der Waals surface area contributed by atoms with Crippen molar-refractivity contribution in [1.82, 2.24) is 5.32 Å². The third kappa shape index (κ3) is 4.22. The van der Waals surface area contributed by atoms with Gasteiger partial charge in [0, 0.05) is 19.3 Å². The monoisotopic (exact) mass is 277 g/mol. The van der Waals surface area contributed by atoms with Crippen molar-refractivity contribution in [2.75, 3.05) is 26.9 Å². The second-order valence-electron chi connectivity index (χ2n) is 5.49.